The summed E-state index contributed by atoms with van der Waals surface area (Å²) >= 11 is 0. The fourth-order valence-corrected chi connectivity index (χ4v) is 2.94. The Morgan fingerprint density at radius 2 is 1.67 bits per heavy atom. The Labute approximate surface area is 125 Å². The highest BCUT2D eigenvalue weighted by molar-refractivity contribution is 7.87. The number of para-hydroxylation sites is 1. The molecule has 0 saturated carbocycles. The smallest absolute Gasteiger partial charge is 0.339 e. The van der Waals surface area contributed by atoms with Gasteiger partial charge in [-0.15, -0.1) is 0 Å². The van der Waals surface area contributed by atoms with Crippen molar-refractivity contribution in [2.24, 2.45) is 0 Å². The van der Waals surface area contributed by atoms with E-state index in [1.807, 2.05) is 26.0 Å². The second-order valence-electron chi connectivity index (χ2n) is 4.38. The van der Waals surface area contributed by atoms with Crippen molar-refractivity contribution in [2.75, 3.05) is 6.61 Å². The van der Waals surface area contributed by atoms with E-state index < -0.39 is 10.1 Å². The van der Waals surface area contributed by atoms with Gasteiger partial charge in [-0.25, -0.2) is 0 Å². The van der Waals surface area contributed by atoms with Crippen molar-refractivity contribution >= 4 is 10.1 Å². The number of benzene rings is 2. The zero-order chi connectivity index (χ0) is 15.3. The molecule has 2 rings (SSSR count). The van der Waals surface area contributed by atoms with Crippen LogP contribution in [0, 0.1) is 0 Å². The zero-order valence-electron chi connectivity index (χ0n) is 12.1. The molecule has 0 aliphatic carbocycles. The number of rotatable bonds is 6. The van der Waals surface area contributed by atoms with E-state index in [0.717, 1.165) is 5.56 Å². The summed E-state index contributed by atoms with van der Waals surface area (Å²) in [6.07, 6.45) is 0.653. The minimum atomic E-state index is -3.87. The van der Waals surface area contributed by atoms with Crippen LogP contribution in [-0.4, -0.2) is 15.0 Å². The van der Waals surface area contributed by atoms with E-state index in [2.05, 4.69) is 0 Å². The average molecular weight is 306 g/mol. The maximum atomic E-state index is 12.3. The summed E-state index contributed by atoms with van der Waals surface area (Å²) in [5.74, 6) is 0.710. The maximum absolute atomic E-state index is 12.3. The molecule has 112 valence electrons. The van der Waals surface area contributed by atoms with Gasteiger partial charge in [0.25, 0.3) is 0 Å². The summed E-state index contributed by atoms with van der Waals surface area (Å²) in [5.41, 5.74) is 0.792. The van der Waals surface area contributed by atoms with Crippen molar-refractivity contribution in [2.45, 2.75) is 25.2 Å². The molecule has 4 nitrogen and oxygen atoms in total. The minimum absolute atomic E-state index is 0.123. The monoisotopic (exact) mass is 306 g/mol. The predicted octanol–water partition coefficient (Wildman–Crippen LogP) is 3.42. The van der Waals surface area contributed by atoms with Gasteiger partial charge in [0.2, 0.25) is 0 Å². The first-order valence-corrected chi connectivity index (χ1v) is 8.23. The summed E-state index contributed by atoms with van der Waals surface area (Å²) in [7, 11) is -3.87. The Morgan fingerprint density at radius 1 is 0.952 bits per heavy atom. The summed E-state index contributed by atoms with van der Waals surface area (Å²) in [6.45, 7) is 4.22. The van der Waals surface area contributed by atoms with Crippen molar-refractivity contribution in [3.63, 3.8) is 0 Å². The van der Waals surface area contributed by atoms with Gasteiger partial charge in [-0.2, -0.15) is 8.42 Å². The summed E-state index contributed by atoms with van der Waals surface area (Å²) in [4.78, 5) is 0.123. The first kappa shape index (κ1) is 15.4. The second kappa shape index (κ2) is 6.63. The highest BCUT2D eigenvalue weighted by atomic mass is 32.2. The molecule has 0 unspecified atom stereocenters. The fraction of sp³-hybridized carbons (Fsp3) is 0.250. The van der Waals surface area contributed by atoms with E-state index >= 15 is 0 Å². The van der Waals surface area contributed by atoms with Gasteiger partial charge in [-0.05, 0) is 37.1 Å². The Kier molecular flexibility index (Phi) is 4.85. The van der Waals surface area contributed by atoms with Gasteiger partial charge in [0, 0.05) is 0 Å². The Hall–Kier alpha value is -2.01. The molecule has 2 aromatic carbocycles. The number of aryl methyl sites for hydroxylation is 1. The summed E-state index contributed by atoms with van der Waals surface area (Å²) in [5, 5.41) is 0. The van der Waals surface area contributed by atoms with Gasteiger partial charge >= 0.3 is 10.1 Å². The fourth-order valence-electron chi connectivity index (χ4n) is 1.95. The Morgan fingerprint density at radius 3 is 2.29 bits per heavy atom. The van der Waals surface area contributed by atoms with Crippen molar-refractivity contribution < 1.29 is 17.3 Å². The van der Waals surface area contributed by atoms with Crippen molar-refractivity contribution in [3.05, 3.63) is 54.1 Å². The van der Waals surface area contributed by atoms with Crippen LogP contribution in [-0.2, 0) is 16.5 Å². The van der Waals surface area contributed by atoms with E-state index in [1.54, 1.807) is 24.3 Å². The quantitative estimate of drug-likeness (QED) is 0.767. The molecule has 0 bridgehead atoms. The van der Waals surface area contributed by atoms with Crippen LogP contribution in [0.5, 0.6) is 11.5 Å². The van der Waals surface area contributed by atoms with E-state index in [4.69, 9.17) is 8.92 Å². The van der Waals surface area contributed by atoms with Crippen LogP contribution in [0.25, 0.3) is 0 Å². The van der Waals surface area contributed by atoms with Gasteiger partial charge in [0.05, 0.1) is 6.61 Å². The van der Waals surface area contributed by atoms with Crippen molar-refractivity contribution in [3.8, 4) is 11.5 Å². The molecule has 2 aromatic rings. The van der Waals surface area contributed by atoms with E-state index in [1.165, 1.54) is 12.1 Å². The van der Waals surface area contributed by atoms with Crippen LogP contribution in [0.1, 0.15) is 19.4 Å². The third kappa shape index (κ3) is 3.55. The average Bonchev–Trinajstić information content (AvgIpc) is 2.50. The standard InChI is InChI=1S/C16H18O4S/c1-3-13-9-8-12-15(19-4-2)16(13)20-21(17,18)14-10-6-5-7-11-14/h5-12H,3-4H2,1-2H3. The minimum Gasteiger partial charge on any atom is -0.490 e. The molecule has 0 fully saturated rings. The lowest BCUT2D eigenvalue weighted by atomic mass is 10.1. The highest BCUT2D eigenvalue weighted by Gasteiger charge is 2.20. The summed E-state index contributed by atoms with van der Waals surface area (Å²) in [6, 6.07) is 13.4. The molecular formula is C16H18O4S. The Bertz CT molecular complexity index is 693. The number of ether oxygens (including phenoxy) is 1. The van der Waals surface area contributed by atoms with Gasteiger partial charge in [0.15, 0.2) is 11.5 Å². The molecule has 0 heterocycles. The van der Waals surface area contributed by atoms with Crippen LogP contribution in [0.15, 0.2) is 53.4 Å². The molecular weight excluding hydrogens is 288 g/mol. The molecule has 0 saturated heterocycles. The molecule has 21 heavy (non-hydrogen) atoms. The lowest BCUT2D eigenvalue weighted by Crippen LogP contribution is -2.12. The van der Waals surface area contributed by atoms with Crippen LogP contribution >= 0.6 is 0 Å². The molecule has 0 aliphatic rings. The van der Waals surface area contributed by atoms with E-state index in [-0.39, 0.29) is 10.6 Å². The molecule has 0 spiro atoms. The third-order valence-corrected chi connectivity index (χ3v) is 4.20. The molecule has 0 atom stereocenters. The maximum Gasteiger partial charge on any atom is 0.339 e. The topological polar surface area (TPSA) is 52.6 Å². The second-order valence-corrected chi connectivity index (χ2v) is 5.93. The summed E-state index contributed by atoms with van der Waals surface area (Å²) < 4.78 is 35.5. The molecule has 0 aromatic heterocycles. The van der Waals surface area contributed by atoms with E-state index in [0.29, 0.717) is 18.8 Å². The number of hydrogen-bond acceptors (Lipinski definition) is 4. The highest BCUT2D eigenvalue weighted by Crippen LogP contribution is 2.34. The van der Waals surface area contributed by atoms with Crippen LogP contribution in [0.3, 0.4) is 0 Å². The first-order valence-electron chi connectivity index (χ1n) is 6.82. The largest absolute Gasteiger partial charge is 0.490 e. The van der Waals surface area contributed by atoms with Crippen LogP contribution in [0.4, 0.5) is 0 Å². The first-order chi connectivity index (χ1) is 10.1. The molecule has 5 heteroatoms. The Balaban J connectivity index is 2.43. The molecule has 0 radical (unpaired) electrons. The molecule has 0 N–H and O–H groups in total. The van der Waals surface area contributed by atoms with Gasteiger partial charge < -0.3 is 8.92 Å². The number of hydrogen-bond donors (Lipinski definition) is 0. The van der Waals surface area contributed by atoms with Gasteiger partial charge in [0.1, 0.15) is 4.90 Å². The lowest BCUT2D eigenvalue weighted by molar-refractivity contribution is 0.326. The van der Waals surface area contributed by atoms with Crippen LogP contribution in [0.2, 0.25) is 0 Å². The molecule has 0 amide bonds. The van der Waals surface area contributed by atoms with Crippen molar-refractivity contribution in [1.29, 1.82) is 0 Å². The third-order valence-electron chi connectivity index (χ3n) is 2.97. The van der Waals surface area contributed by atoms with Crippen LogP contribution < -0.4 is 8.92 Å². The van der Waals surface area contributed by atoms with Gasteiger partial charge in [-0.3, -0.25) is 0 Å². The van der Waals surface area contributed by atoms with E-state index in [9.17, 15) is 8.42 Å². The zero-order valence-corrected chi connectivity index (χ0v) is 12.9. The lowest BCUT2D eigenvalue weighted by Gasteiger charge is -2.14. The van der Waals surface area contributed by atoms with Gasteiger partial charge in [-0.1, -0.05) is 37.3 Å². The predicted molar refractivity (Wildman–Crippen MR) is 81.2 cm³/mol. The van der Waals surface area contributed by atoms with Crippen molar-refractivity contribution in [1.82, 2.24) is 0 Å². The molecule has 0 aliphatic heterocycles. The SMILES string of the molecule is CCOc1cccc(CC)c1OS(=O)(=O)c1ccccc1. The normalized spacial score (nSPS) is 11.1.